The van der Waals surface area contributed by atoms with Crippen molar-refractivity contribution < 1.29 is 19.4 Å². The van der Waals surface area contributed by atoms with Crippen molar-refractivity contribution in [2.45, 2.75) is 11.4 Å². The Kier molecular flexibility index (Phi) is 4.68. The first kappa shape index (κ1) is 14.5. The summed E-state index contributed by atoms with van der Waals surface area (Å²) in [6.45, 7) is 0. The molecular weight excluding hydrogens is 278 g/mol. The van der Waals surface area contributed by atoms with E-state index in [1.165, 1.54) is 11.8 Å². The van der Waals surface area contributed by atoms with E-state index in [0.717, 1.165) is 15.8 Å². The number of benzene rings is 1. The number of aromatic nitrogens is 1. The molecule has 0 aliphatic carbocycles. The Morgan fingerprint density at radius 2 is 2.00 bits per heavy atom. The Balaban J connectivity index is 2.37. The van der Waals surface area contributed by atoms with Crippen molar-refractivity contribution in [3.63, 3.8) is 0 Å². The average Bonchev–Trinajstić information content (AvgIpc) is 2.45. The molecule has 5 nitrogen and oxygen atoms in total. The third-order valence-corrected chi connectivity index (χ3v) is 3.79. The monoisotopic (exact) mass is 293 g/mol. The lowest BCUT2D eigenvalue weighted by Gasteiger charge is -2.11. The van der Waals surface area contributed by atoms with Crippen LogP contribution in [0.25, 0.3) is 10.8 Å². The van der Waals surface area contributed by atoms with E-state index in [9.17, 15) is 4.79 Å². The van der Waals surface area contributed by atoms with E-state index in [1.807, 2.05) is 18.2 Å². The van der Waals surface area contributed by atoms with E-state index in [4.69, 9.17) is 14.6 Å². The fraction of sp³-hybridized carbons (Fsp3) is 0.286. The van der Waals surface area contributed by atoms with Gasteiger partial charge in [-0.3, -0.25) is 4.79 Å². The number of nitrogens with zero attached hydrogens (tertiary/aromatic N) is 1. The molecule has 2 rings (SSSR count). The standard InChI is InChI=1S/C14H15NO4S/c1-18-11-7-9-3-5-15-14(20-6-4-13(16)17)10(9)8-12(11)19-2/h3,5,7-8H,4,6H2,1-2H3,(H,16,17). The van der Waals surface area contributed by atoms with Crippen LogP contribution in [0.4, 0.5) is 0 Å². The van der Waals surface area contributed by atoms with Crippen LogP contribution in [0.2, 0.25) is 0 Å². The van der Waals surface area contributed by atoms with E-state index in [0.29, 0.717) is 17.3 Å². The molecule has 0 atom stereocenters. The highest BCUT2D eigenvalue weighted by Gasteiger charge is 2.10. The summed E-state index contributed by atoms with van der Waals surface area (Å²) in [5.41, 5.74) is 0. The van der Waals surface area contributed by atoms with Crippen LogP contribution in [0.5, 0.6) is 11.5 Å². The quantitative estimate of drug-likeness (QED) is 0.826. The molecule has 20 heavy (non-hydrogen) atoms. The minimum Gasteiger partial charge on any atom is -0.493 e. The number of carbonyl (C=O) groups is 1. The fourth-order valence-corrected chi connectivity index (χ4v) is 2.76. The maximum Gasteiger partial charge on any atom is 0.304 e. The minimum absolute atomic E-state index is 0.107. The molecule has 1 N–H and O–H groups in total. The number of pyridine rings is 1. The molecule has 0 unspecified atom stereocenters. The van der Waals surface area contributed by atoms with Gasteiger partial charge in [0.25, 0.3) is 0 Å². The van der Waals surface area contributed by atoms with Gasteiger partial charge in [0.05, 0.1) is 20.6 Å². The van der Waals surface area contributed by atoms with Crippen LogP contribution in [0, 0.1) is 0 Å². The van der Waals surface area contributed by atoms with Crippen LogP contribution in [0.15, 0.2) is 29.4 Å². The summed E-state index contributed by atoms with van der Waals surface area (Å²) < 4.78 is 10.6. The molecule has 0 aliphatic heterocycles. The molecule has 0 fully saturated rings. The number of hydrogen-bond acceptors (Lipinski definition) is 5. The number of thioether (sulfide) groups is 1. The molecule has 6 heteroatoms. The highest BCUT2D eigenvalue weighted by molar-refractivity contribution is 7.99. The van der Waals surface area contributed by atoms with Gasteiger partial charge < -0.3 is 14.6 Å². The second-order valence-electron chi connectivity index (χ2n) is 4.04. The molecule has 2 aromatic rings. The third-order valence-electron chi connectivity index (χ3n) is 2.79. The number of hydrogen-bond donors (Lipinski definition) is 1. The Bertz CT molecular complexity index is 630. The number of fused-ring (bicyclic) bond motifs is 1. The lowest BCUT2D eigenvalue weighted by atomic mass is 10.1. The number of rotatable bonds is 6. The number of methoxy groups -OCH3 is 2. The minimum atomic E-state index is -0.808. The molecule has 0 amide bonds. The van der Waals surface area contributed by atoms with Crippen LogP contribution in [-0.4, -0.2) is 36.0 Å². The number of aliphatic carboxylic acids is 1. The molecule has 0 saturated carbocycles. The molecule has 1 heterocycles. The maximum atomic E-state index is 10.6. The topological polar surface area (TPSA) is 68.7 Å². The molecule has 1 aromatic carbocycles. The average molecular weight is 293 g/mol. The molecule has 0 radical (unpaired) electrons. The van der Waals surface area contributed by atoms with Gasteiger partial charge in [0.2, 0.25) is 0 Å². The first-order chi connectivity index (χ1) is 9.65. The predicted octanol–water partition coefficient (Wildman–Crippen LogP) is 2.82. The normalized spacial score (nSPS) is 10.5. The maximum absolute atomic E-state index is 10.6. The molecule has 106 valence electrons. The van der Waals surface area contributed by atoms with Crippen molar-refractivity contribution in [1.82, 2.24) is 4.98 Å². The number of carboxylic acids is 1. The summed E-state index contributed by atoms with van der Waals surface area (Å²) >= 11 is 1.42. The van der Waals surface area contributed by atoms with Crippen molar-refractivity contribution in [2.24, 2.45) is 0 Å². The van der Waals surface area contributed by atoms with Crippen LogP contribution in [0.3, 0.4) is 0 Å². The molecular formula is C14H15NO4S. The Hall–Kier alpha value is -1.95. The van der Waals surface area contributed by atoms with Crippen molar-refractivity contribution in [2.75, 3.05) is 20.0 Å². The Morgan fingerprint density at radius 3 is 2.65 bits per heavy atom. The Morgan fingerprint density at radius 1 is 1.30 bits per heavy atom. The van der Waals surface area contributed by atoms with Crippen LogP contribution in [-0.2, 0) is 4.79 Å². The van der Waals surface area contributed by atoms with Gasteiger partial charge in [-0.25, -0.2) is 4.98 Å². The van der Waals surface area contributed by atoms with Crippen molar-refractivity contribution >= 4 is 28.5 Å². The summed E-state index contributed by atoms with van der Waals surface area (Å²) in [7, 11) is 3.17. The Labute approximate surface area is 120 Å². The summed E-state index contributed by atoms with van der Waals surface area (Å²) in [5.74, 6) is 0.966. The molecule has 0 bridgehead atoms. The third kappa shape index (κ3) is 3.14. The zero-order chi connectivity index (χ0) is 14.5. The molecule has 0 aliphatic rings. The van der Waals surface area contributed by atoms with Gasteiger partial charge >= 0.3 is 5.97 Å². The van der Waals surface area contributed by atoms with Gasteiger partial charge in [-0.05, 0) is 23.6 Å². The van der Waals surface area contributed by atoms with E-state index in [-0.39, 0.29) is 6.42 Å². The SMILES string of the molecule is COc1cc2ccnc(SCCC(=O)O)c2cc1OC. The highest BCUT2D eigenvalue weighted by Crippen LogP contribution is 2.35. The van der Waals surface area contributed by atoms with E-state index in [2.05, 4.69) is 4.98 Å². The van der Waals surface area contributed by atoms with Gasteiger partial charge in [-0.2, -0.15) is 0 Å². The van der Waals surface area contributed by atoms with E-state index >= 15 is 0 Å². The van der Waals surface area contributed by atoms with Crippen molar-refractivity contribution in [3.8, 4) is 11.5 Å². The zero-order valence-corrected chi connectivity index (χ0v) is 12.1. The van der Waals surface area contributed by atoms with Gasteiger partial charge in [-0.15, -0.1) is 11.8 Å². The van der Waals surface area contributed by atoms with E-state index in [1.54, 1.807) is 20.4 Å². The van der Waals surface area contributed by atoms with Gasteiger partial charge in [0.15, 0.2) is 11.5 Å². The zero-order valence-electron chi connectivity index (χ0n) is 11.3. The predicted molar refractivity (Wildman–Crippen MR) is 77.8 cm³/mol. The number of carboxylic acid groups (broad SMARTS) is 1. The highest BCUT2D eigenvalue weighted by atomic mass is 32.2. The van der Waals surface area contributed by atoms with Crippen LogP contribution in [0.1, 0.15) is 6.42 Å². The summed E-state index contributed by atoms with van der Waals surface area (Å²) in [6, 6.07) is 5.64. The second-order valence-corrected chi connectivity index (χ2v) is 5.12. The lowest BCUT2D eigenvalue weighted by Crippen LogP contribution is -1.97. The fourth-order valence-electron chi connectivity index (χ4n) is 1.82. The summed E-state index contributed by atoms with van der Waals surface area (Å²) in [6.07, 6.45) is 1.81. The van der Waals surface area contributed by atoms with Crippen LogP contribution < -0.4 is 9.47 Å². The van der Waals surface area contributed by atoms with Crippen LogP contribution >= 0.6 is 11.8 Å². The van der Waals surface area contributed by atoms with E-state index < -0.39 is 5.97 Å². The molecule has 1 aromatic heterocycles. The van der Waals surface area contributed by atoms with Gasteiger partial charge in [-0.1, -0.05) is 0 Å². The number of ether oxygens (including phenoxy) is 2. The van der Waals surface area contributed by atoms with Crippen molar-refractivity contribution in [3.05, 3.63) is 24.4 Å². The van der Waals surface area contributed by atoms with Crippen molar-refractivity contribution in [1.29, 1.82) is 0 Å². The van der Waals surface area contributed by atoms with Gasteiger partial charge in [0, 0.05) is 17.3 Å². The first-order valence-corrected chi connectivity index (χ1v) is 6.99. The summed E-state index contributed by atoms with van der Waals surface area (Å²) in [5, 5.41) is 11.4. The second kappa shape index (κ2) is 6.47. The summed E-state index contributed by atoms with van der Waals surface area (Å²) in [4.78, 5) is 14.9. The lowest BCUT2D eigenvalue weighted by molar-refractivity contribution is -0.136. The largest absolute Gasteiger partial charge is 0.493 e. The first-order valence-electron chi connectivity index (χ1n) is 6.01. The van der Waals surface area contributed by atoms with Gasteiger partial charge in [0.1, 0.15) is 5.03 Å². The molecule has 0 saturated heterocycles. The smallest absolute Gasteiger partial charge is 0.304 e. The molecule has 0 spiro atoms.